The fourth-order valence-electron chi connectivity index (χ4n) is 3.38. The number of fused-ring (bicyclic) bond motifs is 1. The third kappa shape index (κ3) is 4.10. The van der Waals surface area contributed by atoms with Gasteiger partial charge in [0.2, 0.25) is 0 Å². The molecule has 4 rings (SSSR count). The molecule has 156 valence electrons. The molecule has 3 aromatic carbocycles. The fourth-order valence-corrected chi connectivity index (χ4v) is 3.38. The third-order valence-corrected chi connectivity index (χ3v) is 5.32. The first kappa shape index (κ1) is 20.2. The van der Waals surface area contributed by atoms with Crippen LogP contribution in [-0.4, -0.2) is 11.9 Å². The van der Waals surface area contributed by atoms with Crippen molar-refractivity contribution in [3.63, 3.8) is 0 Å². The molecule has 0 unspecified atom stereocenters. The summed E-state index contributed by atoms with van der Waals surface area (Å²) in [5, 5.41) is 4.46. The van der Waals surface area contributed by atoms with Crippen molar-refractivity contribution >= 4 is 16.7 Å². The van der Waals surface area contributed by atoms with Gasteiger partial charge in [-0.25, -0.2) is 4.39 Å². The molecule has 1 N–H and O–H groups in total. The SMILES string of the molecule is O=C(NC1CCC1)c1ccc2ccccc2c1OCc1ccc(C(F)(F)F)cc1F. The highest BCUT2D eigenvalue weighted by Crippen LogP contribution is 2.33. The van der Waals surface area contributed by atoms with Crippen molar-refractivity contribution < 1.29 is 27.1 Å². The average molecular weight is 417 g/mol. The molecule has 0 bridgehead atoms. The molecule has 1 aliphatic rings. The Hall–Kier alpha value is -3.09. The molecule has 1 amide bonds. The monoisotopic (exact) mass is 417 g/mol. The second kappa shape index (κ2) is 7.97. The molecule has 1 fully saturated rings. The Morgan fingerprint density at radius 3 is 2.50 bits per heavy atom. The number of benzene rings is 3. The van der Waals surface area contributed by atoms with Crippen molar-refractivity contribution in [1.82, 2.24) is 5.32 Å². The van der Waals surface area contributed by atoms with Gasteiger partial charge in [-0.05, 0) is 42.8 Å². The summed E-state index contributed by atoms with van der Waals surface area (Å²) >= 11 is 0. The zero-order valence-corrected chi connectivity index (χ0v) is 15.9. The number of nitrogens with one attached hydrogen (secondary N) is 1. The van der Waals surface area contributed by atoms with Gasteiger partial charge in [-0.2, -0.15) is 13.2 Å². The standard InChI is InChI=1S/C23H19F4NO2/c24-20-12-16(23(25,26)27)10-8-15(20)13-30-21-18-7-2-1-4-14(18)9-11-19(21)22(29)28-17-5-3-6-17/h1-2,4,7-12,17H,3,5-6,13H2,(H,28,29). The Bertz CT molecular complexity index is 1090. The van der Waals surface area contributed by atoms with Crippen molar-refractivity contribution in [2.45, 2.75) is 38.1 Å². The summed E-state index contributed by atoms with van der Waals surface area (Å²) in [7, 11) is 0. The number of amides is 1. The summed E-state index contributed by atoms with van der Waals surface area (Å²) in [6.45, 7) is -0.304. The molecule has 1 saturated carbocycles. The second-order valence-electron chi connectivity index (χ2n) is 7.36. The molecular formula is C23H19F4NO2. The molecule has 0 radical (unpaired) electrons. The Kier molecular flexibility index (Phi) is 5.37. The van der Waals surface area contributed by atoms with Gasteiger partial charge in [0, 0.05) is 17.0 Å². The van der Waals surface area contributed by atoms with E-state index in [1.807, 2.05) is 12.1 Å². The Balaban J connectivity index is 1.64. The van der Waals surface area contributed by atoms with E-state index in [0.717, 1.165) is 36.8 Å². The number of hydrogen-bond donors (Lipinski definition) is 1. The van der Waals surface area contributed by atoms with E-state index in [1.165, 1.54) is 0 Å². The van der Waals surface area contributed by atoms with Crippen LogP contribution in [0.25, 0.3) is 10.8 Å². The summed E-state index contributed by atoms with van der Waals surface area (Å²) < 4.78 is 58.3. The quantitative estimate of drug-likeness (QED) is 0.528. The van der Waals surface area contributed by atoms with Gasteiger partial charge in [0.1, 0.15) is 18.2 Å². The number of halogens is 4. The van der Waals surface area contributed by atoms with E-state index in [0.29, 0.717) is 17.0 Å². The van der Waals surface area contributed by atoms with Crippen molar-refractivity contribution in [3.05, 3.63) is 77.1 Å². The van der Waals surface area contributed by atoms with Crippen molar-refractivity contribution in [1.29, 1.82) is 0 Å². The zero-order chi connectivity index (χ0) is 21.3. The van der Waals surface area contributed by atoms with Gasteiger partial charge in [-0.3, -0.25) is 4.79 Å². The maximum atomic E-state index is 14.2. The molecule has 0 saturated heterocycles. The minimum atomic E-state index is -4.62. The molecule has 7 heteroatoms. The number of alkyl halides is 3. The smallest absolute Gasteiger partial charge is 0.416 e. The van der Waals surface area contributed by atoms with Crippen LogP contribution >= 0.6 is 0 Å². The zero-order valence-electron chi connectivity index (χ0n) is 15.9. The van der Waals surface area contributed by atoms with Gasteiger partial charge in [-0.15, -0.1) is 0 Å². The molecule has 0 aromatic heterocycles. The molecule has 1 aliphatic carbocycles. The highest BCUT2D eigenvalue weighted by atomic mass is 19.4. The first-order valence-corrected chi connectivity index (χ1v) is 9.64. The first-order chi connectivity index (χ1) is 14.3. The lowest BCUT2D eigenvalue weighted by atomic mass is 9.92. The highest BCUT2D eigenvalue weighted by molar-refractivity contribution is 6.04. The summed E-state index contributed by atoms with van der Waals surface area (Å²) in [5.41, 5.74) is -0.774. The topological polar surface area (TPSA) is 38.3 Å². The predicted octanol–water partition coefficient (Wildman–Crippen LogP) is 5.86. The van der Waals surface area contributed by atoms with E-state index in [1.54, 1.807) is 24.3 Å². The van der Waals surface area contributed by atoms with Crippen LogP contribution in [0, 0.1) is 5.82 Å². The molecule has 30 heavy (non-hydrogen) atoms. The van der Waals surface area contributed by atoms with E-state index in [9.17, 15) is 22.4 Å². The van der Waals surface area contributed by atoms with E-state index in [4.69, 9.17) is 4.74 Å². The predicted molar refractivity (Wildman–Crippen MR) is 105 cm³/mol. The van der Waals surface area contributed by atoms with Crippen molar-refractivity contribution in [2.75, 3.05) is 0 Å². The van der Waals surface area contributed by atoms with Crippen molar-refractivity contribution in [2.24, 2.45) is 0 Å². The van der Waals surface area contributed by atoms with Gasteiger partial charge < -0.3 is 10.1 Å². The highest BCUT2D eigenvalue weighted by Gasteiger charge is 2.31. The number of carbonyl (C=O) groups is 1. The maximum Gasteiger partial charge on any atom is 0.416 e. The molecule has 3 nitrogen and oxygen atoms in total. The fraction of sp³-hybridized carbons (Fsp3) is 0.261. The minimum absolute atomic E-state index is 0.0266. The normalized spacial score (nSPS) is 14.4. The van der Waals surface area contributed by atoms with Crippen LogP contribution in [-0.2, 0) is 12.8 Å². The van der Waals surface area contributed by atoms with E-state index < -0.39 is 17.6 Å². The van der Waals surface area contributed by atoms with E-state index >= 15 is 0 Å². The summed E-state index contributed by atoms with van der Waals surface area (Å²) in [6.07, 6.45) is -1.71. The molecular weight excluding hydrogens is 398 g/mol. The second-order valence-corrected chi connectivity index (χ2v) is 7.36. The van der Waals surface area contributed by atoms with Crippen LogP contribution in [0.1, 0.15) is 40.7 Å². The average Bonchev–Trinajstić information content (AvgIpc) is 2.68. The number of hydrogen-bond acceptors (Lipinski definition) is 2. The Morgan fingerprint density at radius 2 is 1.83 bits per heavy atom. The summed E-state index contributed by atoms with van der Waals surface area (Å²) in [5.74, 6) is -1.01. The molecule has 0 atom stereocenters. The summed E-state index contributed by atoms with van der Waals surface area (Å²) in [4.78, 5) is 12.8. The number of rotatable bonds is 5. The molecule has 0 spiro atoms. The first-order valence-electron chi connectivity index (χ1n) is 9.64. The molecule has 0 heterocycles. The van der Waals surface area contributed by atoms with Gasteiger partial charge in [-0.1, -0.05) is 36.4 Å². The van der Waals surface area contributed by atoms with Gasteiger partial charge in [0.05, 0.1) is 11.1 Å². The Labute approximate surface area is 170 Å². The van der Waals surface area contributed by atoms with Crippen LogP contribution in [0.4, 0.5) is 17.6 Å². The van der Waals surface area contributed by atoms with Gasteiger partial charge in [0.25, 0.3) is 5.91 Å². The van der Waals surface area contributed by atoms with Crippen molar-refractivity contribution in [3.8, 4) is 5.75 Å². The lowest BCUT2D eigenvalue weighted by molar-refractivity contribution is -0.137. The lowest BCUT2D eigenvalue weighted by Gasteiger charge is -2.27. The van der Waals surface area contributed by atoms with Crippen LogP contribution in [0.15, 0.2) is 54.6 Å². The summed E-state index contributed by atoms with van der Waals surface area (Å²) in [6, 6.07) is 13.2. The van der Waals surface area contributed by atoms with Crippen LogP contribution in [0.3, 0.4) is 0 Å². The van der Waals surface area contributed by atoms with Gasteiger partial charge in [0.15, 0.2) is 0 Å². The van der Waals surface area contributed by atoms with Crippen LogP contribution in [0.2, 0.25) is 0 Å². The van der Waals surface area contributed by atoms with E-state index in [2.05, 4.69) is 5.32 Å². The Morgan fingerprint density at radius 1 is 1.07 bits per heavy atom. The third-order valence-electron chi connectivity index (χ3n) is 5.32. The number of ether oxygens (including phenoxy) is 1. The largest absolute Gasteiger partial charge is 0.487 e. The molecule has 0 aliphatic heterocycles. The lowest BCUT2D eigenvalue weighted by Crippen LogP contribution is -2.39. The van der Waals surface area contributed by atoms with Crippen LogP contribution in [0.5, 0.6) is 5.75 Å². The van der Waals surface area contributed by atoms with E-state index in [-0.39, 0.29) is 29.9 Å². The number of carbonyl (C=O) groups excluding carboxylic acids is 1. The maximum absolute atomic E-state index is 14.2. The van der Waals surface area contributed by atoms with Gasteiger partial charge >= 0.3 is 6.18 Å². The van der Waals surface area contributed by atoms with Crippen LogP contribution < -0.4 is 10.1 Å². The molecule has 3 aromatic rings. The minimum Gasteiger partial charge on any atom is -0.487 e.